The second-order valence-corrected chi connectivity index (χ2v) is 5.95. The van der Waals surface area contributed by atoms with E-state index >= 15 is 0 Å². The third kappa shape index (κ3) is 7.78. The van der Waals surface area contributed by atoms with E-state index in [0.29, 0.717) is 18.5 Å². The lowest BCUT2D eigenvalue weighted by molar-refractivity contribution is -0.124. The third-order valence-electron chi connectivity index (χ3n) is 3.74. The van der Waals surface area contributed by atoms with Crippen molar-refractivity contribution in [3.63, 3.8) is 0 Å². The van der Waals surface area contributed by atoms with Gasteiger partial charge in [0.05, 0.1) is 6.54 Å². The van der Waals surface area contributed by atoms with Crippen LogP contribution in [0.2, 0.25) is 0 Å². The highest BCUT2D eigenvalue weighted by Gasteiger charge is 2.27. The SMILES string of the molecule is CC(C)CCN(CCNCC(F)(F)F)C1CCCC1. The van der Waals surface area contributed by atoms with Gasteiger partial charge in [0.1, 0.15) is 0 Å². The van der Waals surface area contributed by atoms with Crippen LogP contribution in [0.3, 0.4) is 0 Å². The molecule has 0 aromatic rings. The maximum atomic E-state index is 12.1. The van der Waals surface area contributed by atoms with Crippen molar-refractivity contribution < 1.29 is 13.2 Å². The minimum absolute atomic E-state index is 0.425. The molecule has 0 aromatic heterocycles. The molecule has 1 saturated carbocycles. The van der Waals surface area contributed by atoms with E-state index in [4.69, 9.17) is 0 Å². The van der Waals surface area contributed by atoms with Crippen molar-refractivity contribution >= 4 is 0 Å². The number of hydrogen-bond acceptors (Lipinski definition) is 2. The quantitative estimate of drug-likeness (QED) is 0.685. The summed E-state index contributed by atoms with van der Waals surface area (Å²) in [7, 11) is 0. The van der Waals surface area contributed by atoms with E-state index in [1.165, 1.54) is 25.7 Å². The van der Waals surface area contributed by atoms with Crippen molar-refractivity contribution in [3.8, 4) is 0 Å². The first-order chi connectivity index (χ1) is 8.88. The zero-order valence-electron chi connectivity index (χ0n) is 12.1. The van der Waals surface area contributed by atoms with E-state index in [0.717, 1.165) is 19.5 Å². The standard InChI is InChI=1S/C14H27F3N2/c1-12(2)7-9-19(13-5-3-4-6-13)10-8-18-11-14(15,16)17/h12-13,18H,3-11H2,1-2H3. The van der Waals surface area contributed by atoms with Crippen molar-refractivity contribution in [1.29, 1.82) is 0 Å². The first-order valence-electron chi connectivity index (χ1n) is 7.40. The van der Waals surface area contributed by atoms with Crippen LogP contribution in [0.15, 0.2) is 0 Å². The van der Waals surface area contributed by atoms with Crippen LogP contribution < -0.4 is 5.32 Å². The summed E-state index contributed by atoms with van der Waals surface area (Å²) >= 11 is 0. The number of rotatable bonds is 8. The zero-order chi connectivity index (χ0) is 14.3. The second kappa shape index (κ2) is 8.10. The molecule has 0 saturated heterocycles. The van der Waals surface area contributed by atoms with E-state index in [1.807, 2.05) is 0 Å². The molecule has 0 spiro atoms. The molecule has 1 aliphatic rings. The van der Waals surface area contributed by atoms with Crippen LogP contribution in [0.25, 0.3) is 0 Å². The summed E-state index contributed by atoms with van der Waals surface area (Å²) in [6, 6.07) is 0.589. The molecule has 0 unspecified atom stereocenters. The van der Waals surface area contributed by atoms with Crippen LogP contribution in [0.1, 0.15) is 46.0 Å². The minimum atomic E-state index is -4.10. The second-order valence-electron chi connectivity index (χ2n) is 5.95. The summed E-state index contributed by atoms with van der Waals surface area (Å²) in [6.07, 6.45) is 1.96. The van der Waals surface area contributed by atoms with E-state index in [-0.39, 0.29) is 0 Å². The first-order valence-corrected chi connectivity index (χ1v) is 7.40. The number of hydrogen-bond donors (Lipinski definition) is 1. The Bertz CT molecular complexity index is 235. The molecular formula is C14H27F3N2. The summed E-state index contributed by atoms with van der Waals surface area (Å²) in [4.78, 5) is 2.39. The Labute approximate surface area is 114 Å². The molecule has 1 aliphatic carbocycles. The third-order valence-corrected chi connectivity index (χ3v) is 3.74. The van der Waals surface area contributed by atoms with Crippen LogP contribution in [-0.2, 0) is 0 Å². The van der Waals surface area contributed by atoms with Crippen molar-refractivity contribution in [2.24, 2.45) is 5.92 Å². The highest BCUT2D eigenvalue weighted by Crippen LogP contribution is 2.23. The molecule has 0 heterocycles. The average molecular weight is 280 g/mol. The molecule has 5 heteroatoms. The number of halogens is 3. The van der Waals surface area contributed by atoms with Gasteiger partial charge in [0, 0.05) is 19.1 Å². The number of nitrogens with one attached hydrogen (secondary N) is 1. The summed E-state index contributed by atoms with van der Waals surface area (Å²) in [6.45, 7) is 5.66. The lowest BCUT2D eigenvalue weighted by Gasteiger charge is -2.29. The Kier molecular flexibility index (Phi) is 7.15. The van der Waals surface area contributed by atoms with E-state index in [9.17, 15) is 13.2 Å². The van der Waals surface area contributed by atoms with Crippen molar-refractivity contribution in [1.82, 2.24) is 10.2 Å². The van der Waals surface area contributed by atoms with Gasteiger partial charge in [-0.1, -0.05) is 26.7 Å². The van der Waals surface area contributed by atoms with Crippen LogP contribution >= 0.6 is 0 Å². The summed E-state index contributed by atoms with van der Waals surface area (Å²) in [5.41, 5.74) is 0. The molecule has 114 valence electrons. The molecule has 0 aromatic carbocycles. The van der Waals surface area contributed by atoms with Crippen LogP contribution in [0, 0.1) is 5.92 Å². The molecule has 0 atom stereocenters. The Morgan fingerprint density at radius 2 is 1.79 bits per heavy atom. The first kappa shape index (κ1) is 16.8. The maximum absolute atomic E-state index is 12.1. The van der Waals surface area contributed by atoms with Crippen LogP contribution in [-0.4, -0.2) is 43.3 Å². The summed E-state index contributed by atoms with van der Waals surface area (Å²) in [5, 5.41) is 2.50. The van der Waals surface area contributed by atoms with Crippen molar-refractivity contribution in [2.45, 2.75) is 58.2 Å². The molecule has 0 amide bonds. The number of alkyl halides is 3. The van der Waals surface area contributed by atoms with E-state index in [1.54, 1.807) is 0 Å². The Balaban J connectivity index is 2.27. The minimum Gasteiger partial charge on any atom is -0.307 e. The monoisotopic (exact) mass is 280 g/mol. The van der Waals surface area contributed by atoms with Crippen molar-refractivity contribution in [3.05, 3.63) is 0 Å². The predicted molar refractivity (Wildman–Crippen MR) is 72.2 cm³/mol. The number of nitrogens with zero attached hydrogens (tertiary/aromatic N) is 1. The van der Waals surface area contributed by atoms with Gasteiger partial charge in [-0.25, -0.2) is 0 Å². The molecule has 19 heavy (non-hydrogen) atoms. The maximum Gasteiger partial charge on any atom is 0.401 e. The Morgan fingerprint density at radius 1 is 1.16 bits per heavy atom. The molecule has 1 fully saturated rings. The molecule has 2 nitrogen and oxygen atoms in total. The molecule has 1 N–H and O–H groups in total. The van der Waals surface area contributed by atoms with Gasteiger partial charge in [-0.05, 0) is 31.7 Å². The zero-order valence-corrected chi connectivity index (χ0v) is 12.1. The van der Waals surface area contributed by atoms with Crippen LogP contribution in [0.4, 0.5) is 13.2 Å². The fraction of sp³-hybridized carbons (Fsp3) is 1.00. The largest absolute Gasteiger partial charge is 0.401 e. The fourth-order valence-corrected chi connectivity index (χ4v) is 2.62. The van der Waals surface area contributed by atoms with E-state index in [2.05, 4.69) is 24.1 Å². The van der Waals surface area contributed by atoms with Gasteiger partial charge in [0.25, 0.3) is 0 Å². The highest BCUT2D eigenvalue weighted by molar-refractivity contribution is 4.78. The normalized spacial score (nSPS) is 17.8. The predicted octanol–water partition coefficient (Wildman–Crippen LogP) is 3.43. The Morgan fingerprint density at radius 3 is 2.32 bits per heavy atom. The van der Waals surface area contributed by atoms with Gasteiger partial charge >= 0.3 is 6.18 Å². The lowest BCUT2D eigenvalue weighted by atomic mass is 10.1. The van der Waals surface area contributed by atoms with Gasteiger partial charge in [0.2, 0.25) is 0 Å². The fourth-order valence-electron chi connectivity index (χ4n) is 2.62. The van der Waals surface area contributed by atoms with E-state index < -0.39 is 12.7 Å². The molecule has 0 aliphatic heterocycles. The molecular weight excluding hydrogens is 253 g/mol. The average Bonchev–Trinajstić information content (AvgIpc) is 2.79. The van der Waals surface area contributed by atoms with Crippen LogP contribution in [0.5, 0.6) is 0 Å². The van der Waals surface area contributed by atoms with Gasteiger partial charge in [0.15, 0.2) is 0 Å². The van der Waals surface area contributed by atoms with Gasteiger partial charge < -0.3 is 5.32 Å². The Hall–Kier alpha value is -0.290. The topological polar surface area (TPSA) is 15.3 Å². The molecule has 0 radical (unpaired) electrons. The lowest BCUT2D eigenvalue weighted by Crippen LogP contribution is -2.41. The van der Waals surface area contributed by atoms with Gasteiger partial charge in [-0.15, -0.1) is 0 Å². The van der Waals surface area contributed by atoms with Gasteiger partial charge in [-0.3, -0.25) is 4.90 Å². The molecule has 0 bridgehead atoms. The molecule has 1 rings (SSSR count). The summed E-state index contributed by atoms with van der Waals surface area (Å²) < 4.78 is 36.2. The smallest absolute Gasteiger partial charge is 0.307 e. The van der Waals surface area contributed by atoms with Crippen molar-refractivity contribution in [2.75, 3.05) is 26.2 Å². The highest BCUT2D eigenvalue weighted by atomic mass is 19.4. The van der Waals surface area contributed by atoms with Gasteiger partial charge in [-0.2, -0.15) is 13.2 Å². The summed E-state index contributed by atoms with van der Waals surface area (Å²) in [5.74, 6) is 0.645.